The number of rotatable bonds is 3. The number of hydrogen-bond acceptors (Lipinski definition) is 2. The second-order valence-electron chi connectivity index (χ2n) is 12.0. The average Bonchev–Trinajstić information content (AvgIpc) is 2.85. The highest BCUT2D eigenvalue weighted by Crippen LogP contribution is 2.66. The van der Waals surface area contributed by atoms with Crippen LogP contribution in [0.1, 0.15) is 71.3 Å². The maximum absolute atomic E-state index is 6.44. The van der Waals surface area contributed by atoms with Gasteiger partial charge in [-0.05, 0) is 91.1 Å². The summed E-state index contributed by atoms with van der Waals surface area (Å²) in [4.78, 5) is 2.80. The van der Waals surface area contributed by atoms with Crippen LogP contribution in [0.5, 0.6) is 0 Å². The zero-order valence-corrected chi connectivity index (χ0v) is 18.3. The number of hydrogen-bond donors (Lipinski definition) is 1. The van der Waals surface area contributed by atoms with Crippen molar-refractivity contribution in [3.05, 3.63) is 35.9 Å². The van der Waals surface area contributed by atoms with Crippen LogP contribution in [0, 0.1) is 28.6 Å². The molecule has 28 heavy (non-hydrogen) atoms. The predicted octanol–water partition coefficient (Wildman–Crippen LogP) is 5.22. The molecule has 1 aromatic carbocycles. The van der Waals surface area contributed by atoms with Gasteiger partial charge in [-0.3, -0.25) is 0 Å². The third kappa shape index (κ3) is 3.06. The van der Waals surface area contributed by atoms with Crippen LogP contribution in [0.4, 0.5) is 0 Å². The highest BCUT2D eigenvalue weighted by atomic mass is 15.2. The van der Waals surface area contributed by atoms with Gasteiger partial charge in [0, 0.05) is 19.1 Å². The molecule has 1 heterocycles. The van der Waals surface area contributed by atoms with E-state index < -0.39 is 0 Å². The highest BCUT2D eigenvalue weighted by molar-refractivity contribution is 5.31. The summed E-state index contributed by atoms with van der Waals surface area (Å²) in [5.41, 5.74) is 9.36. The minimum Gasteiger partial charge on any atom is -0.327 e. The fourth-order valence-corrected chi connectivity index (χ4v) is 8.42. The van der Waals surface area contributed by atoms with Crippen molar-refractivity contribution in [1.29, 1.82) is 0 Å². The Morgan fingerprint density at radius 1 is 1.04 bits per heavy atom. The summed E-state index contributed by atoms with van der Waals surface area (Å²) in [5.74, 6) is 2.69. The summed E-state index contributed by atoms with van der Waals surface area (Å²) < 4.78 is 0. The lowest BCUT2D eigenvalue weighted by Gasteiger charge is -2.49. The number of nitrogens with two attached hydrogens (primary N) is 1. The molecular weight excluding hydrogens is 340 g/mol. The van der Waals surface area contributed by atoms with Gasteiger partial charge in [-0.25, -0.2) is 0 Å². The predicted molar refractivity (Wildman–Crippen MR) is 117 cm³/mol. The van der Waals surface area contributed by atoms with Gasteiger partial charge in [-0.15, -0.1) is 0 Å². The van der Waals surface area contributed by atoms with Crippen LogP contribution < -0.4 is 5.73 Å². The number of likely N-dealkylation sites (tertiary alicyclic amines) is 1. The molecule has 6 atom stereocenters. The van der Waals surface area contributed by atoms with Gasteiger partial charge in [-0.2, -0.15) is 0 Å². The van der Waals surface area contributed by atoms with Crippen LogP contribution in [0.15, 0.2) is 30.3 Å². The Labute approximate surface area is 172 Å². The van der Waals surface area contributed by atoms with Crippen molar-refractivity contribution in [2.75, 3.05) is 19.6 Å². The largest absolute Gasteiger partial charge is 0.327 e. The van der Waals surface area contributed by atoms with E-state index in [0.29, 0.717) is 16.9 Å². The Hall–Kier alpha value is -0.860. The normalized spacial score (nSPS) is 45.1. The van der Waals surface area contributed by atoms with E-state index in [4.69, 9.17) is 5.73 Å². The van der Waals surface area contributed by atoms with Crippen LogP contribution >= 0.6 is 0 Å². The number of nitrogens with zero attached hydrogens (tertiary/aromatic N) is 1. The van der Waals surface area contributed by atoms with Crippen molar-refractivity contribution in [1.82, 2.24) is 4.90 Å². The fraction of sp³-hybridized carbons (Fsp3) is 0.769. The van der Waals surface area contributed by atoms with Gasteiger partial charge in [0.25, 0.3) is 0 Å². The Balaban J connectivity index is 1.43. The fourth-order valence-electron chi connectivity index (χ4n) is 8.42. The van der Waals surface area contributed by atoms with Crippen LogP contribution in [-0.2, 0) is 5.41 Å². The Morgan fingerprint density at radius 3 is 2.57 bits per heavy atom. The van der Waals surface area contributed by atoms with E-state index in [1.165, 1.54) is 64.6 Å². The molecule has 0 radical (unpaired) electrons. The molecule has 3 aliphatic carbocycles. The second-order valence-corrected chi connectivity index (χ2v) is 12.0. The number of piperidine rings is 1. The van der Waals surface area contributed by atoms with E-state index in [1.54, 1.807) is 5.56 Å². The summed E-state index contributed by atoms with van der Waals surface area (Å²) >= 11 is 0. The quantitative estimate of drug-likeness (QED) is 0.779. The molecule has 0 spiro atoms. The van der Waals surface area contributed by atoms with Crippen molar-refractivity contribution in [3.8, 4) is 0 Å². The van der Waals surface area contributed by atoms with Crippen molar-refractivity contribution in [2.45, 2.75) is 77.2 Å². The minimum absolute atomic E-state index is 0.257. The van der Waals surface area contributed by atoms with Crippen molar-refractivity contribution >= 4 is 0 Å². The van der Waals surface area contributed by atoms with Crippen molar-refractivity contribution < 1.29 is 0 Å². The third-order valence-electron chi connectivity index (χ3n) is 9.25. The zero-order valence-electron chi connectivity index (χ0n) is 18.3. The standard InChI is InChI=1S/C26H40N2/c1-19-12-25(18-28-10-9-23(27)24(2,3)17-28)14-20-11-22(16-25)26(13-19,15-20)21-7-5-4-6-8-21/h4-8,19-20,22-23H,9-18,27H2,1-3H3/t19-,20?,22?,23-,25?,26-/m0/s1. The molecule has 1 saturated heterocycles. The summed E-state index contributed by atoms with van der Waals surface area (Å²) in [5, 5.41) is 0. The molecule has 0 amide bonds. The van der Waals surface area contributed by atoms with Crippen molar-refractivity contribution in [2.24, 2.45) is 34.3 Å². The molecule has 2 N–H and O–H groups in total. The summed E-state index contributed by atoms with van der Waals surface area (Å²) in [7, 11) is 0. The molecule has 3 saturated carbocycles. The molecule has 154 valence electrons. The molecule has 2 heteroatoms. The van der Waals surface area contributed by atoms with E-state index in [9.17, 15) is 0 Å². The van der Waals surface area contributed by atoms with Gasteiger partial charge in [0.05, 0.1) is 0 Å². The molecule has 0 aromatic heterocycles. The average molecular weight is 381 g/mol. The molecule has 3 unspecified atom stereocenters. The van der Waals surface area contributed by atoms with Crippen LogP contribution in [0.25, 0.3) is 0 Å². The molecule has 2 nitrogen and oxygen atoms in total. The molecule has 1 aliphatic heterocycles. The maximum atomic E-state index is 6.44. The SMILES string of the molecule is C[C@H]1CC2(CN3CC[C@H](N)C(C)(C)C3)CC3CC(C2)[C@](c2ccccc2)(C3)C1. The lowest BCUT2D eigenvalue weighted by Crippen LogP contribution is -2.55. The van der Waals surface area contributed by atoms with Gasteiger partial charge >= 0.3 is 0 Å². The first kappa shape index (κ1) is 19.1. The first-order valence-corrected chi connectivity index (χ1v) is 11.8. The summed E-state index contributed by atoms with van der Waals surface area (Å²) in [6.45, 7) is 11.0. The smallest absolute Gasteiger partial charge is 0.0115 e. The van der Waals surface area contributed by atoms with E-state index in [-0.39, 0.29) is 5.41 Å². The zero-order chi connectivity index (χ0) is 19.6. The number of fused-ring (bicyclic) bond motifs is 2. The van der Waals surface area contributed by atoms with Gasteiger partial charge in [0.1, 0.15) is 0 Å². The molecular formula is C26H40N2. The van der Waals surface area contributed by atoms with E-state index in [1.807, 2.05) is 0 Å². The Kier molecular flexibility index (Phi) is 4.49. The monoisotopic (exact) mass is 380 g/mol. The maximum Gasteiger partial charge on any atom is 0.0115 e. The molecule has 5 rings (SSSR count). The lowest BCUT2D eigenvalue weighted by molar-refractivity contribution is 0.0156. The van der Waals surface area contributed by atoms with Crippen LogP contribution in [0.3, 0.4) is 0 Å². The molecule has 3 bridgehead atoms. The molecule has 1 aromatic rings. The van der Waals surface area contributed by atoms with E-state index in [2.05, 4.69) is 56.0 Å². The topological polar surface area (TPSA) is 29.3 Å². The van der Waals surface area contributed by atoms with Gasteiger partial charge in [0.2, 0.25) is 0 Å². The lowest BCUT2D eigenvalue weighted by atomic mass is 9.65. The second kappa shape index (κ2) is 6.57. The summed E-state index contributed by atoms with van der Waals surface area (Å²) in [6, 6.07) is 12.0. The Bertz CT molecular complexity index is 708. The van der Waals surface area contributed by atoms with Gasteiger partial charge < -0.3 is 10.6 Å². The van der Waals surface area contributed by atoms with Gasteiger partial charge in [0.15, 0.2) is 0 Å². The van der Waals surface area contributed by atoms with Crippen LogP contribution in [0.2, 0.25) is 0 Å². The van der Waals surface area contributed by atoms with Crippen molar-refractivity contribution in [3.63, 3.8) is 0 Å². The van der Waals surface area contributed by atoms with Gasteiger partial charge in [-0.1, -0.05) is 51.1 Å². The van der Waals surface area contributed by atoms with E-state index in [0.717, 1.165) is 17.8 Å². The van der Waals surface area contributed by atoms with E-state index >= 15 is 0 Å². The first-order valence-electron chi connectivity index (χ1n) is 11.8. The Morgan fingerprint density at radius 2 is 1.82 bits per heavy atom. The first-order chi connectivity index (χ1) is 13.3. The minimum atomic E-state index is 0.257. The molecule has 4 aliphatic rings. The summed E-state index contributed by atoms with van der Waals surface area (Å²) in [6.07, 6.45) is 9.90. The number of benzene rings is 1. The molecule has 4 fully saturated rings. The highest BCUT2D eigenvalue weighted by Gasteiger charge is 2.59. The third-order valence-corrected chi connectivity index (χ3v) is 9.25. The van der Waals surface area contributed by atoms with Crippen LogP contribution in [-0.4, -0.2) is 30.6 Å².